The number of carbonyl (C=O) groups is 2. The molecule has 0 aromatic carbocycles. The van der Waals surface area contributed by atoms with Gasteiger partial charge in [-0.05, 0) is 6.92 Å². The average molecular weight is 377 g/mol. The Balaban J connectivity index is 1.41. The van der Waals surface area contributed by atoms with Gasteiger partial charge in [0.15, 0.2) is 0 Å². The Morgan fingerprint density at radius 1 is 1.46 bits per heavy atom. The number of hydrogen-bond donors (Lipinski definition) is 0. The van der Waals surface area contributed by atoms with Crippen molar-refractivity contribution in [3.8, 4) is 0 Å². The number of carbonyl (C=O) groups excluding carboxylic acids is 2. The molecule has 0 aliphatic carbocycles. The lowest BCUT2D eigenvalue weighted by Crippen LogP contribution is -2.40. The van der Waals surface area contributed by atoms with E-state index >= 15 is 0 Å². The summed E-state index contributed by atoms with van der Waals surface area (Å²) in [7, 11) is 0. The van der Waals surface area contributed by atoms with Crippen molar-refractivity contribution in [3.63, 3.8) is 0 Å². The summed E-state index contributed by atoms with van der Waals surface area (Å²) in [6, 6.07) is 0. The van der Waals surface area contributed by atoms with Crippen LogP contribution in [0, 0.1) is 5.92 Å². The van der Waals surface area contributed by atoms with E-state index in [0.29, 0.717) is 44.4 Å². The van der Waals surface area contributed by atoms with Gasteiger partial charge in [0.25, 0.3) is 0 Å². The molecule has 2 aromatic heterocycles. The van der Waals surface area contributed by atoms with Crippen LogP contribution in [0.3, 0.4) is 0 Å². The predicted octanol–water partition coefficient (Wildman–Crippen LogP) is 1.00. The van der Waals surface area contributed by atoms with Crippen LogP contribution >= 0.6 is 11.3 Å². The van der Waals surface area contributed by atoms with Crippen LogP contribution in [-0.4, -0.2) is 51.8 Å². The summed E-state index contributed by atoms with van der Waals surface area (Å²) in [5.41, 5.74) is 1.85. The van der Waals surface area contributed by atoms with E-state index in [4.69, 9.17) is 9.26 Å². The zero-order valence-corrected chi connectivity index (χ0v) is 15.2. The minimum atomic E-state index is -0.358. The van der Waals surface area contributed by atoms with Gasteiger partial charge in [-0.15, -0.1) is 10.2 Å². The zero-order chi connectivity index (χ0) is 18.1. The molecule has 0 saturated carbocycles. The van der Waals surface area contributed by atoms with E-state index in [1.165, 1.54) is 11.3 Å². The van der Waals surface area contributed by atoms with Gasteiger partial charge in [-0.3, -0.25) is 14.5 Å². The minimum Gasteiger partial charge on any atom is -0.374 e. The van der Waals surface area contributed by atoms with E-state index in [1.807, 2.05) is 6.92 Å². The molecule has 2 amide bonds. The number of aromatic nitrogens is 3. The number of ether oxygens (including phenoxy) is 1. The average Bonchev–Trinajstić information content (AvgIpc) is 3.37. The molecule has 10 heteroatoms. The number of fused-ring (bicyclic) bond motifs is 1. The molecule has 9 nitrogen and oxygen atoms in total. The number of anilines is 1. The van der Waals surface area contributed by atoms with Crippen LogP contribution in [0.5, 0.6) is 0 Å². The first-order chi connectivity index (χ1) is 12.7. The van der Waals surface area contributed by atoms with Crippen LogP contribution in [-0.2, 0) is 33.9 Å². The molecule has 2 aliphatic heterocycles. The Morgan fingerprint density at radius 3 is 3.19 bits per heavy atom. The lowest BCUT2D eigenvalue weighted by atomic mass is 10.0. The van der Waals surface area contributed by atoms with E-state index in [1.54, 1.807) is 16.1 Å². The van der Waals surface area contributed by atoms with Gasteiger partial charge in [0.05, 0.1) is 18.2 Å². The van der Waals surface area contributed by atoms with Crippen molar-refractivity contribution in [2.75, 3.05) is 24.6 Å². The number of hydrogen-bond acceptors (Lipinski definition) is 8. The first kappa shape index (κ1) is 17.1. The third-order valence-corrected chi connectivity index (χ3v) is 5.53. The van der Waals surface area contributed by atoms with Gasteiger partial charge in [-0.1, -0.05) is 16.5 Å². The third-order valence-electron chi connectivity index (χ3n) is 4.61. The number of nitrogens with zero attached hydrogens (tertiary/aromatic N) is 5. The number of amides is 2. The maximum absolute atomic E-state index is 12.8. The maximum atomic E-state index is 12.8. The fourth-order valence-corrected chi connectivity index (χ4v) is 4.05. The smallest absolute Gasteiger partial charge is 0.229 e. The third kappa shape index (κ3) is 3.21. The second-order valence-corrected chi connectivity index (χ2v) is 7.36. The summed E-state index contributed by atoms with van der Waals surface area (Å²) < 4.78 is 10.3. The molecule has 2 aliphatic rings. The summed E-state index contributed by atoms with van der Waals surface area (Å²) in [5, 5.41) is 13.3. The molecule has 0 N–H and O–H groups in total. The molecule has 26 heavy (non-hydrogen) atoms. The normalized spacial score (nSPS) is 19.9. The highest BCUT2D eigenvalue weighted by atomic mass is 32.1. The Morgan fingerprint density at radius 2 is 2.35 bits per heavy atom. The molecule has 4 heterocycles. The molecule has 1 fully saturated rings. The van der Waals surface area contributed by atoms with Gasteiger partial charge in [-0.2, -0.15) is 0 Å². The van der Waals surface area contributed by atoms with E-state index in [-0.39, 0.29) is 24.2 Å². The van der Waals surface area contributed by atoms with E-state index in [2.05, 4.69) is 15.4 Å². The lowest BCUT2D eigenvalue weighted by molar-refractivity contribution is -0.136. The molecule has 0 bridgehead atoms. The van der Waals surface area contributed by atoms with Crippen LogP contribution in [0.25, 0.3) is 0 Å². The molecule has 1 atom stereocenters. The van der Waals surface area contributed by atoms with Gasteiger partial charge in [0.2, 0.25) is 16.9 Å². The van der Waals surface area contributed by atoms with Crippen LogP contribution in [0.2, 0.25) is 0 Å². The van der Waals surface area contributed by atoms with Gasteiger partial charge in [0, 0.05) is 38.1 Å². The fraction of sp³-hybridized carbons (Fsp3) is 0.562. The Kier molecular flexibility index (Phi) is 4.68. The first-order valence-electron chi connectivity index (χ1n) is 8.57. The van der Waals surface area contributed by atoms with Crippen LogP contribution in [0.1, 0.15) is 29.6 Å². The molecular formula is C16H19N5O4S. The second-order valence-electron chi connectivity index (χ2n) is 6.32. The quantitative estimate of drug-likeness (QED) is 0.766. The minimum absolute atomic E-state index is 0.00763. The standard InChI is InChI=1S/C16H19N5O4S/c1-2-24-9-13-17-18-16(26-13)21-7-10(5-14(21)22)15(23)20-4-3-12-11(6-20)8-25-19-12/h8,10H,2-7,9H2,1H3. The van der Waals surface area contributed by atoms with Crippen molar-refractivity contribution < 1.29 is 18.8 Å². The van der Waals surface area contributed by atoms with Crippen molar-refractivity contribution >= 4 is 28.3 Å². The molecule has 4 rings (SSSR count). The predicted molar refractivity (Wildman–Crippen MR) is 91.3 cm³/mol. The van der Waals surface area contributed by atoms with Crippen molar-refractivity contribution in [2.45, 2.75) is 32.9 Å². The van der Waals surface area contributed by atoms with Crippen LogP contribution in [0.4, 0.5) is 5.13 Å². The second kappa shape index (κ2) is 7.12. The Labute approximate surface area is 153 Å². The summed E-state index contributed by atoms with van der Waals surface area (Å²) >= 11 is 1.33. The largest absolute Gasteiger partial charge is 0.374 e. The van der Waals surface area contributed by atoms with Gasteiger partial charge in [0.1, 0.15) is 17.9 Å². The van der Waals surface area contributed by atoms with Crippen molar-refractivity contribution in [3.05, 3.63) is 22.5 Å². The summed E-state index contributed by atoms with van der Waals surface area (Å²) in [6.07, 6.45) is 2.47. The van der Waals surface area contributed by atoms with E-state index < -0.39 is 0 Å². The summed E-state index contributed by atoms with van der Waals surface area (Å²) in [6.45, 7) is 4.31. The highest BCUT2D eigenvalue weighted by Crippen LogP contribution is 2.30. The van der Waals surface area contributed by atoms with Gasteiger partial charge in [-0.25, -0.2) is 0 Å². The van der Waals surface area contributed by atoms with Crippen molar-refractivity contribution in [1.29, 1.82) is 0 Å². The molecule has 138 valence electrons. The molecular weight excluding hydrogens is 358 g/mol. The monoisotopic (exact) mass is 377 g/mol. The lowest BCUT2D eigenvalue weighted by Gasteiger charge is -2.28. The molecule has 2 aromatic rings. The number of rotatable bonds is 5. The highest BCUT2D eigenvalue weighted by Gasteiger charge is 2.39. The van der Waals surface area contributed by atoms with E-state index in [9.17, 15) is 9.59 Å². The molecule has 1 saturated heterocycles. The maximum Gasteiger partial charge on any atom is 0.229 e. The van der Waals surface area contributed by atoms with Gasteiger partial charge < -0.3 is 14.2 Å². The first-order valence-corrected chi connectivity index (χ1v) is 9.38. The van der Waals surface area contributed by atoms with Gasteiger partial charge >= 0.3 is 0 Å². The fourth-order valence-electron chi connectivity index (χ4n) is 3.25. The molecule has 1 unspecified atom stereocenters. The summed E-state index contributed by atoms with van der Waals surface area (Å²) in [4.78, 5) is 28.6. The Bertz CT molecular complexity index is 819. The zero-order valence-electron chi connectivity index (χ0n) is 14.4. The van der Waals surface area contributed by atoms with Crippen LogP contribution < -0.4 is 4.90 Å². The summed E-state index contributed by atoms with van der Waals surface area (Å²) in [5.74, 6) is -0.458. The molecule has 0 spiro atoms. The van der Waals surface area contributed by atoms with Crippen molar-refractivity contribution in [1.82, 2.24) is 20.3 Å². The van der Waals surface area contributed by atoms with E-state index in [0.717, 1.165) is 16.3 Å². The topological polar surface area (TPSA) is 102 Å². The van der Waals surface area contributed by atoms with Crippen molar-refractivity contribution in [2.24, 2.45) is 5.92 Å². The SMILES string of the molecule is CCOCc1nnc(N2CC(C(=O)N3CCc4nocc4C3)CC2=O)s1. The highest BCUT2D eigenvalue weighted by molar-refractivity contribution is 7.15. The molecule has 0 radical (unpaired) electrons. The van der Waals surface area contributed by atoms with Crippen LogP contribution in [0.15, 0.2) is 10.8 Å². The Hall–Kier alpha value is -2.33.